The summed E-state index contributed by atoms with van der Waals surface area (Å²) < 4.78 is 2.07. The highest BCUT2D eigenvalue weighted by Gasteiger charge is 2.01. The summed E-state index contributed by atoms with van der Waals surface area (Å²) >= 11 is 0. The number of benzene rings is 1. The zero-order valence-corrected chi connectivity index (χ0v) is 13.3. The monoisotopic (exact) mass is 317 g/mol. The van der Waals surface area contributed by atoms with Crippen LogP contribution in [0, 0.1) is 6.92 Å². The Morgan fingerprint density at radius 2 is 2.09 bits per heavy atom. The van der Waals surface area contributed by atoms with Crippen molar-refractivity contribution in [3.8, 4) is 0 Å². The lowest BCUT2D eigenvalue weighted by atomic mass is 10.1. The third-order valence-electron chi connectivity index (χ3n) is 3.49. The summed E-state index contributed by atoms with van der Waals surface area (Å²) in [5.41, 5.74) is 4.90. The van der Waals surface area contributed by atoms with E-state index in [0.29, 0.717) is 0 Å². The van der Waals surface area contributed by atoms with Gasteiger partial charge >= 0.3 is 0 Å². The average Bonchev–Trinajstić information content (AvgIpc) is 3.12. The molecule has 0 unspecified atom stereocenters. The first-order chi connectivity index (χ1) is 10.3. The largest absolute Gasteiger partial charge is 0.333 e. The second-order valence-electron chi connectivity index (χ2n) is 5.18. The number of nitrogens with one attached hydrogen (secondary N) is 2. The Morgan fingerprint density at radius 3 is 2.82 bits per heavy atom. The predicted octanol–water partition coefficient (Wildman–Crippen LogP) is 2.67. The molecule has 0 saturated carbocycles. The molecule has 0 aliphatic rings. The van der Waals surface area contributed by atoms with Gasteiger partial charge in [0.1, 0.15) is 0 Å². The third kappa shape index (κ3) is 4.19. The maximum atomic E-state index is 4.07. The van der Waals surface area contributed by atoms with Crippen LogP contribution >= 0.6 is 12.4 Å². The number of hydrogen-bond acceptors (Lipinski definition) is 3. The van der Waals surface area contributed by atoms with Crippen LogP contribution in [0.5, 0.6) is 0 Å². The zero-order valence-electron chi connectivity index (χ0n) is 12.5. The van der Waals surface area contributed by atoms with E-state index in [1.54, 1.807) is 6.20 Å². The Hall–Kier alpha value is -2.11. The molecule has 3 aromatic rings. The lowest BCUT2D eigenvalue weighted by molar-refractivity contribution is 0.689. The Kier molecular flexibility index (Phi) is 5.75. The molecule has 2 N–H and O–H groups in total. The molecule has 3 rings (SSSR count). The molecule has 0 bridgehead atoms. The smallest absolute Gasteiger partial charge is 0.0949 e. The Morgan fingerprint density at radius 1 is 1.23 bits per heavy atom. The average molecular weight is 318 g/mol. The predicted molar refractivity (Wildman–Crippen MR) is 88.9 cm³/mol. The van der Waals surface area contributed by atoms with Gasteiger partial charge in [0.25, 0.3) is 0 Å². The molecule has 6 heteroatoms. The van der Waals surface area contributed by atoms with Crippen molar-refractivity contribution in [2.45, 2.75) is 26.6 Å². The van der Waals surface area contributed by atoms with Crippen molar-refractivity contribution in [3.63, 3.8) is 0 Å². The van der Waals surface area contributed by atoms with Crippen molar-refractivity contribution < 1.29 is 0 Å². The number of aromatic amines is 1. The van der Waals surface area contributed by atoms with E-state index < -0.39 is 0 Å². The highest BCUT2D eigenvalue weighted by molar-refractivity contribution is 5.85. The van der Waals surface area contributed by atoms with E-state index in [0.717, 1.165) is 25.3 Å². The molecule has 0 radical (unpaired) electrons. The van der Waals surface area contributed by atoms with Crippen LogP contribution in [0.3, 0.4) is 0 Å². The summed E-state index contributed by atoms with van der Waals surface area (Å²) in [5, 5.41) is 10.4. The highest BCUT2D eigenvalue weighted by Crippen LogP contribution is 2.08. The summed E-state index contributed by atoms with van der Waals surface area (Å²) in [7, 11) is 0. The molecule has 22 heavy (non-hydrogen) atoms. The van der Waals surface area contributed by atoms with E-state index in [-0.39, 0.29) is 12.4 Å². The van der Waals surface area contributed by atoms with Crippen LogP contribution in [0.4, 0.5) is 0 Å². The molecule has 0 aliphatic heterocycles. The van der Waals surface area contributed by atoms with Crippen molar-refractivity contribution in [1.82, 2.24) is 25.1 Å². The number of rotatable bonds is 6. The lowest BCUT2D eigenvalue weighted by Gasteiger charge is -2.07. The van der Waals surface area contributed by atoms with Gasteiger partial charge in [-0.3, -0.25) is 5.10 Å². The molecular weight excluding hydrogens is 298 g/mol. The van der Waals surface area contributed by atoms with Crippen molar-refractivity contribution in [2.75, 3.05) is 0 Å². The Bertz CT molecular complexity index is 690. The van der Waals surface area contributed by atoms with Crippen molar-refractivity contribution in [3.05, 3.63) is 71.6 Å². The summed E-state index contributed by atoms with van der Waals surface area (Å²) in [4.78, 5) is 4.07. The fourth-order valence-corrected chi connectivity index (χ4v) is 2.32. The van der Waals surface area contributed by atoms with Gasteiger partial charge in [-0.05, 0) is 18.1 Å². The van der Waals surface area contributed by atoms with Crippen LogP contribution in [0.1, 0.15) is 22.4 Å². The minimum atomic E-state index is 0. The van der Waals surface area contributed by atoms with Crippen LogP contribution in [0.15, 0.2) is 49.2 Å². The molecule has 1 aromatic carbocycles. The van der Waals surface area contributed by atoms with Crippen LogP contribution in [0.25, 0.3) is 0 Å². The first-order valence-corrected chi connectivity index (χ1v) is 7.04. The number of nitrogens with zero attached hydrogens (tertiary/aromatic N) is 3. The normalized spacial score (nSPS) is 10.4. The summed E-state index contributed by atoms with van der Waals surface area (Å²) in [6.07, 6.45) is 7.50. The number of H-pyrrole nitrogens is 1. The summed E-state index contributed by atoms with van der Waals surface area (Å²) in [5.74, 6) is 0. The quantitative estimate of drug-likeness (QED) is 0.735. The van der Waals surface area contributed by atoms with Crippen LogP contribution in [-0.2, 0) is 19.6 Å². The van der Waals surface area contributed by atoms with E-state index in [1.165, 1.54) is 16.7 Å². The fraction of sp³-hybridized carbons (Fsp3) is 0.250. The van der Waals surface area contributed by atoms with Gasteiger partial charge in [0.05, 0.1) is 12.5 Å². The maximum absolute atomic E-state index is 4.07. The van der Waals surface area contributed by atoms with Gasteiger partial charge in [-0.15, -0.1) is 12.4 Å². The third-order valence-corrected chi connectivity index (χ3v) is 3.49. The van der Waals surface area contributed by atoms with E-state index in [1.807, 2.05) is 25.6 Å². The van der Waals surface area contributed by atoms with Crippen LogP contribution in [0.2, 0.25) is 0 Å². The molecule has 0 atom stereocenters. The van der Waals surface area contributed by atoms with E-state index >= 15 is 0 Å². The number of hydrogen-bond donors (Lipinski definition) is 2. The minimum Gasteiger partial charge on any atom is -0.333 e. The maximum Gasteiger partial charge on any atom is 0.0949 e. The van der Waals surface area contributed by atoms with E-state index in [4.69, 9.17) is 0 Å². The first-order valence-electron chi connectivity index (χ1n) is 7.04. The topological polar surface area (TPSA) is 58.5 Å². The van der Waals surface area contributed by atoms with Crippen molar-refractivity contribution in [1.29, 1.82) is 0 Å². The molecule has 2 aromatic heterocycles. The molecule has 0 amide bonds. The van der Waals surface area contributed by atoms with Gasteiger partial charge in [0, 0.05) is 43.3 Å². The molecule has 0 fully saturated rings. The molecule has 0 saturated heterocycles. The molecule has 5 nitrogen and oxygen atoms in total. The fourth-order valence-electron chi connectivity index (χ4n) is 2.32. The SMILES string of the molecule is Cc1[nH]ncc1CNCc1cccc(Cn2ccnc2)c1.Cl. The van der Waals surface area contributed by atoms with Gasteiger partial charge in [0.2, 0.25) is 0 Å². The van der Waals surface area contributed by atoms with Crippen LogP contribution in [-0.4, -0.2) is 19.7 Å². The number of halogens is 1. The second kappa shape index (κ2) is 7.77. The molecule has 2 heterocycles. The number of aromatic nitrogens is 4. The minimum absolute atomic E-state index is 0. The lowest BCUT2D eigenvalue weighted by Crippen LogP contribution is -2.13. The Balaban J connectivity index is 0.00000176. The van der Waals surface area contributed by atoms with Gasteiger partial charge in [0.15, 0.2) is 0 Å². The van der Waals surface area contributed by atoms with Gasteiger partial charge in [-0.1, -0.05) is 24.3 Å². The molecule has 116 valence electrons. The van der Waals surface area contributed by atoms with Crippen LogP contribution < -0.4 is 5.32 Å². The molecule has 0 spiro atoms. The van der Waals surface area contributed by atoms with Gasteiger partial charge < -0.3 is 9.88 Å². The van der Waals surface area contributed by atoms with Gasteiger partial charge in [-0.25, -0.2) is 4.98 Å². The second-order valence-corrected chi connectivity index (χ2v) is 5.18. The molecule has 0 aliphatic carbocycles. The van der Waals surface area contributed by atoms with E-state index in [9.17, 15) is 0 Å². The van der Waals surface area contributed by atoms with E-state index in [2.05, 4.69) is 49.3 Å². The van der Waals surface area contributed by atoms with Gasteiger partial charge in [-0.2, -0.15) is 5.10 Å². The zero-order chi connectivity index (χ0) is 14.5. The summed E-state index contributed by atoms with van der Waals surface area (Å²) in [6, 6.07) is 8.62. The molecular formula is C16H20ClN5. The standard InChI is InChI=1S/C16H19N5.ClH/c1-13-16(10-19-20-13)9-18-8-14-3-2-4-15(7-14)11-21-6-5-17-12-21;/h2-7,10,12,18H,8-9,11H2,1H3,(H,19,20);1H. The Labute approximate surface area is 136 Å². The van der Waals surface area contributed by atoms with Crippen molar-refractivity contribution >= 4 is 12.4 Å². The van der Waals surface area contributed by atoms with Crippen molar-refractivity contribution in [2.24, 2.45) is 0 Å². The number of aryl methyl sites for hydroxylation is 1. The first kappa shape index (κ1) is 16.3. The highest BCUT2D eigenvalue weighted by atomic mass is 35.5. The number of imidazole rings is 1. The summed E-state index contributed by atoms with van der Waals surface area (Å²) in [6.45, 7) is 4.57.